The van der Waals surface area contributed by atoms with E-state index in [1.165, 1.54) is 11.3 Å². The molecule has 0 unspecified atom stereocenters. The van der Waals surface area contributed by atoms with Gasteiger partial charge in [0.2, 0.25) is 4.96 Å². The van der Waals surface area contributed by atoms with Gasteiger partial charge in [-0.25, -0.2) is 0 Å². The fourth-order valence-electron chi connectivity index (χ4n) is 2.47. The Morgan fingerprint density at radius 1 is 1.22 bits per heavy atom. The van der Waals surface area contributed by atoms with Crippen molar-refractivity contribution in [2.24, 2.45) is 0 Å². The van der Waals surface area contributed by atoms with Crippen LogP contribution in [0, 0.1) is 6.92 Å². The van der Waals surface area contributed by atoms with Crippen LogP contribution in [0.25, 0.3) is 26.9 Å². The number of hydrogen-bond acceptors (Lipinski definition) is 6. The minimum absolute atomic E-state index is 0.728. The molecule has 116 valence electrons. The molecule has 0 aliphatic heterocycles. The van der Waals surface area contributed by atoms with Gasteiger partial charge in [-0.1, -0.05) is 18.3 Å². The lowest BCUT2D eigenvalue weighted by molar-refractivity contribution is 0.598. The van der Waals surface area contributed by atoms with Gasteiger partial charge in [-0.2, -0.15) is 14.7 Å². The van der Waals surface area contributed by atoms with Crippen molar-refractivity contribution in [1.29, 1.82) is 0 Å². The average Bonchev–Trinajstić information content (AvgIpc) is 3.23. The lowest BCUT2D eigenvalue weighted by Crippen LogP contribution is -1.96. The van der Waals surface area contributed by atoms with Crippen LogP contribution in [-0.4, -0.2) is 34.6 Å². The highest BCUT2D eigenvalue weighted by atomic mass is 32.1. The Balaban J connectivity index is 1.81. The molecule has 0 aromatic carbocycles. The topological polar surface area (TPSA) is 73.8 Å². The summed E-state index contributed by atoms with van der Waals surface area (Å²) in [7, 11) is 0. The quantitative estimate of drug-likeness (QED) is 0.577. The van der Waals surface area contributed by atoms with Crippen molar-refractivity contribution in [3.05, 3.63) is 36.4 Å². The van der Waals surface area contributed by atoms with E-state index < -0.39 is 0 Å². The van der Waals surface area contributed by atoms with Gasteiger partial charge >= 0.3 is 0 Å². The molecule has 0 atom stereocenters. The molecule has 0 amide bonds. The Hall–Kier alpha value is -2.61. The third-order valence-electron chi connectivity index (χ3n) is 3.54. The van der Waals surface area contributed by atoms with E-state index in [0.29, 0.717) is 0 Å². The van der Waals surface area contributed by atoms with E-state index in [-0.39, 0.29) is 0 Å². The molecule has 0 aliphatic rings. The summed E-state index contributed by atoms with van der Waals surface area (Å²) in [5.41, 5.74) is 2.88. The standard InChI is InChI=1S/C15H15N7S/c1-3-7-21-9-12(10(2)19-21)13-17-18-15-22(13)20-14(23-15)11-5-4-6-16-8-11/h4-6,8-9H,3,7H2,1-2H3. The fraction of sp³-hybridized carbons (Fsp3) is 0.267. The van der Waals surface area contributed by atoms with Crippen molar-refractivity contribution >= 4 is 16.3 Å². The van der Waals surface area contributed by atoms with Gasteiger partial charge in [-0.15, -0.1) is 10.2 Å². The maximum atomic E-state index is 4.65. The number of fused-ring (bicyclic) bond motifs is 1. The van der Waals surface area contributed by atoms with E-state index in [2.05, 4.69) is 32.3 Å². The van der Waals surface area contributed by atoms with Crippen LogP contribution in [-0.2, 0) is 6.54 Å². The van der Waals surface area contributed by atoms with Crippen LogP contribution in [0.5, 0.6) is 0 Å². The van der Waals surface area contributed by atoms with Gasteiger partial charge in [-0.3, -0.25) is 9.67 Å². The zero-order valence-electron chi connectivity index (χ0n) is 12.8. The van der Waals surface area contributed by atoms with E-state index in [9.17, 15) is 0 Å². The summed E-state index contributed by atoms with van der Waals surface area (Å²) in [6.45, 7) is 5.00. The lowest BCUT2D eigenvalue weighted by Gasteiger charge is -1.95. The van der Waals surface area contributed by atoms with Gasteiger partial charge in [0.25, 0.3) is 0 Å². The largest absolute Gasteiger partial charge is 0.272 e. The molecular formula is C15H15N7S. The van der Waals surface area contributed by atoms with Crippen LogP contribution in [0.3, 0.4) is 0 Å². The molecule has 23 heavy (non-hydrogen) atoms. The molecule has 0 fully saturated rings. The first-order chi connectivity index (χ1) is 11.3. The highest BCUT2D eigenvalue weighted by Gasteiger charge is 2.18. The molecule has 0 aliphatic carbocycles. The van der Waals surface area contributed by atoms with Crippen LogP contribution in [0.2, 0.25) is 0 Å². The molecule has 4 heterocycles. The van der Waals surface area contributed by atoms with E-state index in [1.807, 2.05) is 29.9 Å². The van der Waals surface area contributed by atoms with Crippen molar-refractivity contribution in [1.82, 2.24) is 34.6 Å². The maximum absolute atomic E-state index is 4.65. The number of rotatable bonds is 4. The van der Waals surface area contributed by atoms with Crippen molar-refractivity contribution in [2.45, 2.75) is 26.8 Å². The first-order valence-corrected chi connectivity index (χ1v) is 8.25. The molecule has 0 spiro atoms. The van der Waals surface area contributed by atoms with Gasteiger partial charge in [0, 0.05) is 30.7 Å². The SMILES string of the molecule is CCCn1cc(-c2nnc3sc(-c4cccnc4)nn23)c(C)n1. The molecule has 0 bridgehead atoms. The molecule has 4 rings (SSSR count). The predicted octanol–water partition coefficient (Wildman–Crippen LogP) is 2.83. The summed E-state index contributed by atoms with van der Waals surface area (Å²) >= 11 is 1.50. The third-order valence-corrected chi connectivity index (χ3v) is 4.49. The van der Waals surface area contributed by atoms with Crippen molar-refractivity contribution in [3.63, 3.8) is 0 Å². The molecule has 0 saturated heterocycles. The van der Waals surface area contributed by atoms with E-state index >= 15 is 0 Å². The molecule has 4 aromatic heterocycles. The third kappa shape index (κ3) is 2.40. The molecule has 0 N–H and O–H groups in total. The van der Waals surface area contributed by atoms with Gasteiger partial charge in [0.05, 0.1) is 11.3 Å². The Bertz CT molecular complexity index is 951. The fourth-order valence-corrected chi connectivity index (χ4v) is 3.30. The highest BCUT2D eigenvalue weighted by molar-refractivity contribution is 7.19. The van der Waals surface area contributed by atoms with Crippen LogP contribution in [0.4, 0.5) is 0 Å². The second-order valence-electron chi connectivity index (χ2n) is 5.26. The zero-order chi connectivity index (χ0) is 15.8. The van der Waals surface area contributed by atoms with Gasteiger partial charge < -0.3 is 0 Å². The first-order valence-electron chi connectivity index (χ1n) is 7.43. The van der Waals surface area contributed by atoms with Crippen LogP contribution < -0.4 is 0 Å². The first kappa shape index (κ1) is 14.0. The lowest BCUT2D eigenvalue weighted by atomic mass is 10.2. The van der Waals surface area contributed by atoms with E-state index in [4.69, 9.17) is 0 Å². The van der Waals surface area contributed by atoms with Crippen molar-refractivity contribution in [3.8, 4) is 22.0 Å². The Kier molecular flexibility index (Phi) is 3.38. The van der Waals surface area contributed by atoms with Gasteiger partial charge in [-0.05, 0) is 25.5 Å². The van der Waals surface area contributed by atoms with Crippen molar-refractivity contribution < 1.29 is 0 Å². The molecule has 0 saturated carbocycles. The summed E-state index contributed by atoms with van der Waals surface area (Å²) in [5, 5.41) is 18.6. The molecule has 0 radical (unpaired) electrons. The second-order valence-corrected chi connectivity index (χ2v) is 6.21. The molecular weight excluding hydrogens is 310 g/mol. The second kappa shape index (κ2) is 5.54. The number of aryl methyl sites for hydroxylation is 2. The summed E-state index contributed by atoms with van der Waals surface area (Å²) in [5.74, 6) is 0.728. The minimum atomic E-state index is 0.728. The van der Waals surface area contributed by atoms with Crippen LogP contribution in [0.1, 0.15) is 19.0 Å². The van der Waals surface area contributed by atoms with Gasteiger partial charge in [0.1, 0.15) is 5.01 Å². The Labute approximate surface area is 136 Å². The number of aromatic nitrogens is 7. The van der Waals surface area contributed by atoms with Gasteiger partial charge in [0.15, 0.2) is 5.82 Å². The summed E-state index contributed by atoms with van der Waals surface area (Å²) in [6.07, 6.45) is 6.60. The van der Waals surface area contributed by atoms with Crippen LogP contribution in [0.15, 0.2) is 30.7 Å². The van der Waals surface area contributed by atoms with Crippen molar-refractivity contribution in [2.75, 3.05) is 0 Å². The number of pyridine rings is 1. The smallest absolute Gasteiger partial charge is 0.235 e. The van der Waals surface area contributed by atoms with E-state index in [1.54, 1.807) is 16.9 Å². The Morgan fingerprint density at radius 2 is 2.13 bits per heavy atom. The predicted molar refractivity (Wildman–Crippen MR) is 88.1 cm³/mol. The molecule has 8 heteroatoms. The zero-order valence-corrected chi connectivity index (χ0v) is 13.7. The maximum Gasteiger partial charge on any atom is 0.235 e. The van der Waals surface area contributed by atoms with E-state index in [0.717, 1.165) is 45.6 Å². The minimum Gasteiger partial charge on any atom is -0.272 e. The summed E-state index contributed by atoms with van der Waals surface area (Å²) < 4.78 is 3.73. The number of nitrogens with zero attached hydrogens (tertiary/aromatic N) is 7. The monoisotopic (exact) mass is 325 g/mol. The van der Waals surface area contributed by atoms with Crippen LogP contribution >= 0.6 is 11.3 Å². The normalized spacial score (nSPS) is 11.4. The summed E-state index contributed by atoms with van der Waals surface area (Å²) in [4.78, 5) is 4.91. The molecule has 4 aromatic rings. The highest BCUT2D eigenvalue weighted by Crippen LogP contribution is 2.28. The average molecular weight is 325 g/mol. The Morgan fingerprint density at radius 3 is 2.91 bits per heavy atom. The summed E-state index contributed by atoms with van der Waals surface area (Å²) in [6, 6.07) is 3.89. The number of hydrogen-bond donors (Lipinski definition) is 0. The molecule has 7 nitrogen and oxygen atoms in total.